The first-order chi connectivity index (χ1) is 14.9. The van der Waals surface area contributed by atoms with E-state index < -0.39 is 34.5 Å². The number of carboxylic acid groups (broad SMARTS) is 1. The minimum atomic E-state index is -4.94. The van der Waals surface area contributed by atoms with E-state index in [1.54, 1.807) is 6.07 Å². The van der Waals surface area contributed by atoms with Gasteiger partial charge in [0.2, 0.25) is 0 Å². The number of rotatable bonds is 4. The average Bonchev–Trinajstić information content (AvgIpc) is 3.31. The van der Waals surface area contributed by atoms with Gasteiger partial charge >= 0.3 is 18.3 Å². The molecule has 0 saturated carbocycles. The van der Waals surface area contributed by atoms with Gasteiger partial charge in [-0.3, -0.25) is 4.68 Å². The van der Waals surface area contributed by atoms with Gasteiger partial charge in [0.15, 0.2) is 5.69 Å². The van der Waals surface area contributed by atoms with Crippen LogP contribution in [0.1, 0.15) is 26.5 Å². The van der Waals surface area contributed by atoms with Crippen molar-refractivity contribution in [3.8, 4) is 10.6 Å². The van der Waals surface area contributed by atoms with Gasteiger partial charge in [0.05, 0.1) is 17.6 Å². The molecule has 2 aromatic heterocycles. The summed E-state index contributed by atoms with van der Waals surface area (Å²) in [4.78, 5) is 13.8. The van der Waals surface area contributed by atoms with Crippen molar-refractivity contribution in [3.63, 3.8) is 0 Å². The van der Waals surface area contributed by atoms with Gasteiger partial charge in [-0.05, 0) is 23.8 Å². The maximum Gasteiger partial charge on any atom is 0.435 e. The normalized spacial score (nSPS) is 12.4. The van der Waals surface area contributed by atoms with Crippen LogP contribution in [0.3, 0.4) is 0 Å². The van der Waals surface area contributed by atoms with E-state index in [1.807, 2.05) is 0 Å². The first-order valence-electron chi connectivity index (χ1n) is 8.87. The molecule has 0 radical (unpaired) electrons. The topological polar surface area (TPSA) is 68.0 Å². The first kappa shape index (κ1) is 21.8. The van der Waals surface area contributed by atoms with Gasteiger partial charge in [0, 0.05) is 17.1 Å². The molecule has 0 spiro atoms. The minimum absolute atomic E-state index is 0.00984. The van der Waals surface area contributed by atoms with Crippen molar-refractivity contribution in [2.24, 2.45) is 0 Å². The van der Waals surface area contributed by atoms with Gasteiger partial charge < -0.3 is 5.11 Å². The van der Waals surface area contributed by atoms with E-state index in [-0.39, 0.29) is 17.1 Å². The maximum absolute atomic E-state index is 13.2. The minimum Gasteiger partial charge on any atom is -0.477 e. The van der Waals surface area contributed by atoms with Gasteiger partial charge in [-0.1, -0.05) is 24.3 Å². The van der Waals surface area contributed by atoms with Gasteiger partial charge in [-0.25, -0.2) is 9.78 Å². The Morgan fingerprint density at radius 2 is 1.75 bits per heavy atom. The van der Waals surface area contributed by atoms with Gasteiger partial charge in [-0.2, -0.15) is 31.4 Å². The largest absolute Gasteiger partial charge is 0.477 e. The van der Waals surface area contributed by atoms with Crippen molar-refractivity contribution in [1.82, 2.24) is 14.8 Å². The summed E-state index contributed by atoms with van der Waals surface area (Å²) in [5.41, 5.74) is -1.36. The molecule has 0 unspecified atom stereocenters. The summed E-state index contributed by atoms with van der Waals surface area (Å²) >= 11 is 0.388. The first-order valence-corrected chi connectivity index (χ1v) is 9.69. The second-order valence-electron chi connectivity index (χ2n) is 6.76. The zero-order valence-electron chi connectivity index (χ0n) is 15.7. The lowest BCUT2D eigenvalue weighted by Crippen LogP contribution is -2.11. The Labute approximate surface area is 179 Å². The lowest BCUT2D eigenvalue weighted by atomic mass is 10.1. The number of fused-ring (bicyclic) bond motifs is 1. The molecule has 0 aliphatic rings. The highest BCUT2D eigenvalue weighted by molar-refractivity contribution is 7.17. The molecule has 166 valence electrons. The molecule has 1 N–H and O–H groups in total. The lowest BCUT2D eigenvalue weighted by molar-refractivity contribution is -0.141. The van der Waals surface area contributed by atoms with E-state index in [0.29, 0.717) is 27.8 Å². The summed E-state index contributed by atoms with van der Waals surface area (Å²) in [6, 6.07) is 9.28. The van der Waals surface area contributed by atoms with Gasteiger partial charge in [0.25, 0.3) is 0 Å². The predicted molar refractivity (Wildman–Crippen MR) is 103 cm³/mol. The third kappa shape index (κ3) is 4.17. The fourth-order valence-corrected chi connectivity index (χ4v) is 4.13. The number of aromatic nitrogens is 3. The van der Waals surface area contributed by atoms with Crippen LogP contribution < -0.4 is 0 Å². The quantitative estimate of drug-likeness (QED) is 0.374. The SMILES string of the molecule is O=C(O)c1sc(-c2cccc3nn(Cc4cccc(C(F)(F)F)c4)cc23)nc1C(F)(F)F. The van der Waals surface area contributed by atoms with Crippen molar-refractivity contribution >= 4 is 28.2 Å². The third-order valence-corrected chi connectivity index (χ3v) is 5.59. The number of thiazole rings is 1. The van der Waals surface area contributed by atoms with Crippen molar-refractivity contribution in [1.29, 1.82) is 0 Å². The van der Waals surface area contributed by atoms with E-state index in [0.717, 1.165) is 12.1 Å². The molecule has 0 atom stereocenters. The van der Waals surface area contributed by atoms with E-state index in [2.05, 4.69) is 10.1 Å². The van der Waals surface area contributed by atoms with E-state index in [9.17, 15) is 31.1 Å². The summed E-state index contributed by atoms with van der Waals surface area (Å²) in [5.74, 6) is -1.74. The zero-order valence-corrected chi connectivity index (χ0v) is 16.5. The molecule has 12 heteroatoms. The number of halogens is 6. The predicted octanol–water partition coefficient (Wildman–Crippen LogP) is 5.94. The fourth-order valence-electron chi connectivity index (χ4n) is 3.17. The van der Waals surface area contributed by atoms with Crippen LogP contribution >= 0.6 is 11.3 Å². The molecule has 4 aromatic rings. The van der Waals surface area contributed by atoms with Gasteiger partial charge in [0.1, 0.15) is 9.88 Å². The van der Waals surface area contributed by atoms with Crippen LogP contribution in [-0.2, 0) is 18.9 Å². The third-order valence-electron chi connectivity index (χ3n) is 4.52. The molecule has 2 aromatic carbocycles. The lowest BCUT2D eigenvalue weighted by Gasteiger charge is -2.08. The van der Waals surface area contributed by atoms with Crippen LogP contribution in [0.5, 0.6) is 0 Å². The van der Waals surface area contributed by atoms with Gasteiger partial charge in [-0.15, -0.1) is 11.3 Å². The van der Waals surface area contributed by atoms with E-state index in [1.165, 1.54) is 35.1 Å². The molecule has 32 heavy (non-hydrogen) atoms. The molecule has 5 nitrogen and oxygen atoms in total. The van der Waals surface area contributed by atoms with Crippen molar-refractivity contribution in [3.05, 3.63) is 70.4 Å². The number of hydrogen-bond donors (Lipinski definition) is 1. The monoisotopic (exact) mass is 471 g/mol. The molecular weight excluding hydrogens is 460 g/mol. The number of carboxylic acids is 1. The molecule has 0 saturated heterocycles. The van der Waals surface area contributed by atoms with E-state index >= 15 is 0 Å². The number of hydrogen-bond acceptors (Lipinski definition) is 4. The second kappa shape index (κ2) is 7.62. The van der Waals surface area contributed by atoms with Crippen LogP contribution in [0, 0.1) is 0 Å². The zero-order chi connectivity index (χ0) is 23.3. The van der Waals surface area contributed by atoms with Crippen molar-refractivity contribution in [2.75, 3.05) is 0 Å². The Bertz CT molecular complexity index is 1320. The summed E-state index contributed by atoms with van der Waals surface area (Å²) in [5, 5.41) is 13.6. The number of carbonyl (C=O) groups is 1. The Balaban J connectivity index is 1.75. The Kier molecular flexibility index (Phi) is 5.19. The molecular formula is C20H11F6N3O2S. The standard InChI is InChI=1S/C20H11F6N3O2S/c21-19(22,23)11-4-1-3-10(7-11)8-29-9-13-12(5-2-6-14(13)28-29)17-27-16(20(24,25)26)15(32-17)18(30)31/h1-7,9H,8H2,(H,30,31). The van der Waals surface area contributed by atoms with Crippen molar-refractivity contribution < 1.29 is 36.2 Å². The highest BCUT2D eigenvalue weighted by Gasteiger charge is 2.40. The molecule has 0 amide bonds. The maximum atomic E-state index is 13.2. The number of aromatic carboxylic acids is 1. The Hall–Kier alpha value is -3.41. The highest BCUT2D eigenvalue weighted by atomic mass is 32.1. The summed E-state index contributed by atoms with van der Waals surface area (Å²) in [7, 11) is 0. The summed E-state index contributed by atoms with van der Waals surface area (Å²) in [6.45, 7) is -0.00984. The van der Waals surface area contributed by atoms with Crippen LogP contribution in [-0.4, -0.2) is 25.8 Å². The van der Waals surface area contributed by atoms with Crippen LogP contribution in [0.15, 0.2) is 48.7 Å². The molecule has 0 aliphatic heterocycles. The summed E-state index contributed by atoms with van der Waals surface area (Å²) in [6.07, 6.45) is -7.97. The van der Waals surface area contributed by atoms with Crippen LogP contribution in [0.25, 0.3) is 21.5 Å². The molecule has 0 fully saturated rings. The summed E-state index contributed by atoms with van der Waals surface area (Å²) < 4.78 is 79.8. The Morgan fingerprint density at radius 1 is 1.03 bits per heavy atom. The van der Waals surface area contributed by atoms with Crippen LogP contribution in [0.4, 0.5) is 26.3 Å². The molecule has 0 bridgehead atoms. The number of nitrogens with zero attached hydrogens (tertiary/aromatic N) is 3. The second-order valence-corrected chi connectivity index (χ2v) is 7.76. The number of alkyl halides is 6. The highest BCUT2D eigenvalue weighted by Crippen LogP contribution is 2.39. The van der Waals surface area contributed by atoms with Crippen molar-refractivity contribution in [2.45, 2.75) is 18.9 Å². The molecule has 2 heterocycles. The van der Waals surface area contributed by atoms with E-state index in [4.69, 9.17) is 5.11 Å². The number of benzene rings is 2. The molecule has 4 rings (SSSR count). The Morgan fingerprint density at radius 3 is 2.38 bits per heavy atom. The molecule has 0 aliphatic carbocycles. The fraction of sp³-hybridized carbons (Fsp3) is 0.150. The average molecular weight is 471 g/mol. The van der Waals surface area contributed by atoms with Crippen LogP contribution in [0.2, 0.25) is 0 Å². The smallest absolute Gasteiger partial charge is 0.435 e.